The largest absolute Gasteiger partial charge is 0.316 e. The highest BCUT2D eigenvalue weighted by molar-refractivity contribution is 8.00. The zero-order valence-electron chi connectivity index (χ0n) is 20.9. The van der Waals surface area contributed by atoms with E-state index < -0.39 is 0 Å². The van der Waals surface area contributed by atoms with Crippen LogP contribution in [0, 0.1) is 29.1 Å². The zero-order chi connectivity index (χ0) is 21.8. The Morgan fingerprint density at radius 1 is 0.545 bits per heavy atom. The van der Waals surface area contributed by atoms with Crippen molar-refractivity contribution in [3.63, 3.8) is 0 Å². The fourth-order valence-electron chi connectivity index (χ4n) is 11.5. The van der Waals surface area contributed by atoms with Gasteiger partial charge in [-0.3, -0.25) is 0 Å². The van der Waals surface area contributed by atoms with Crippen molar-refractivity contribution in [2.24, 2.45) is 29.1 Å². The van der Waals surface area contributed by atoms with Crippen molar-refractivity contribution in [3.05, 3.63) is 0 Å². The van der Waals surface area contributed by atoms with E-state index in [4.69, 9.17) is 0 Å². The minimum atomic E-state index is 0.593. The molecule has 5 heterocycles. The first-order valence-electron chi connectivity index (χ1n) is 15.2. The van der Waals surface area contributed by atoms with Crippen molar-refractivity contribution in [3.8, 4) is 0 Å². The van der Waals surface area contributed by atoms with E-state index in [0.29, 0.717) is 5.41 Å². The highest BCUT2D eigenvalue weighted by Crippen LogP contribution is 2.72. The van der Waals surface area contributed by atoms with Crippen molar-refractivity contribution in [1.29, 1.82) is 0 Å². The summed E-state index contributed by atoms with van der Waals surface area (Å²) in [6.07, 6.45) is 18.1. The SMILES string of the molecule is C1CCC(B2C3CCNCC3C3(C4CCCCC4SC4CCNCC43)C3CNCCC23)CC1. The second kappa shape index (κ2) is 9.31. The van der Waals surface area contributed by atoms with Gasteiger partial charge < -0.3 is 16.0 Å². The molecule has 8 atom stereocenters. The van der Waals surface area contributed by atoms with Crippen LogP contribution >= 0.6 is 11.8 Å². The molecule has 2 aliphatic carbocycles. The van der Waals surface area contributed by atoms with Gasteiger partial charge in [0.1, 0.15) is 6.71 Å². The summed E-state index contributed by atoms with van der Waals surface area (Å²) in [5.41, 5.74) is 0.593. The Balaban J connectivity index is 1.36. The first-order chi connectivity index (χ1) is 16.4. The lowest BCUT2D eigenvalue weighted by molar-refractivity contribution is -0.105. The van der Waals surface area contributed by atoms with Crippen molar-refractivity contribution < 1.29 is 0 Å². The third-order valence-corrected chi connectivity index (χ3v) is 14.1. The van der Waals surface area contributed by atoms with E-state index in [1.165, 1.54) is 97.1 Å². The molecule has 0 aromatic rings. The lowest BCUT2D eigenvalue weighted by atomic mass is 9.16. The van der Waals surface area contributed by atoms with E-state index in [-0.39, 0.29) is 0 Å². The molecule has 5 heteroatoms. The van der Waals surface area contributed by atoms with Gasteiger partial charge in [-0.05, 0) is 100 Å². The molecular formula is C28H48BN3S. The Kier molecular flexibility index (Phi) is 6.34. The van der Waals surface area contributed by atoms with Gasteiger partial charge in [0, 0.05) is 10.5 Å². The van der Waals surface area contributed by atoms with Crippen LogP contribution < -0.4 is 16.0 Å². The molecule has 3 N–H and O–H groups in total. The molecule has 0 aromatic heterocycles. The summed E-state index contributed by atoms with van der Waals surface area (Å²) >= 11 is 2.49. The number of nitrogens with one attached hydrogen (secondary N) is 3. The van der Waals surface area contributed by atoms with E-state index >= 15 is 0 Å². The van der Waals surface area contributed by atoms with E-state index in [1.807, 2.05) is 0 Å². The van der Waals surface area contributed by atoms with Gasteiger partial charge in [-0.15, -0.1) is 0 Å². The molecule has 0 amide bonds. The van der Waals surface area contributed by atoms with Crippen LogP contribution in [0.2, 0.25) is 17.5 Å². The fourth-order valence-corrected chi connectivity index (χ4v) is 13.6. The number of rotatable bonds is 1. The predicted octanol–water partition coefficient (Wildman–Crippen LogP) is 5.06. The number of hydrogen-bond acceptors (Lipinski definition) is 4. The molecule has 0 radical (unpaired) electrons. The summed E-state index contributed by atoms with van der Waals surface area (Å²) in [6, 6.07) is 0. The van der Waals surface area contributed by atoms with Crippen LogP contribution in [-0.2, 0) is 0 Å². The summed E-state index contributed by atoms with van der Waals surface area (Å²) < 4.78 is 0. The second-order valence-electron chi connectivity index (χ2n) is 13.2. The van der Waals surface area contributed by atoms with Crippen LogP contribution in [0.3, 0.4) is 0 Å². The lowest BCUT2D eigenvalue weighted by Gasteiger charge is -2.71. The summed E-state index contributed by atoms with van der Waals surface area (Å²) in [4.78, 5) is 0. The Bertz CT molecular complexity index is 651. The Morgan fingerprint density at radius 2 is 1.12 bits per heavy atom. The third-order valence-electron chi connectivity index (χ3n) is 12.3. The summed E-state index contributed by atoms with van der Waals surface area (Å²) in [6.45, 7) is 8.91. The monoisotopic (exact) mass is 469 g/mol. The molecule has 1 spiro atoms. The molecule has 2 saturated carbocycles. The molecule has 0 aromatic carbocycles. The summed E-state index contributed by atoms with van der Waals surface area (Å²) in [5, 5.41) is 13.9. The van der Waals surface area contributed by atoms with Gasteiger partial charge in [0.25, 0.3) is 0 Å². The first kappa shape index (κ1) is 22.5. The van der Waals surface area contributed by atoms with Gasteiger partial charge in [0.05, 0.1) is 0 Å². The minimum absolute atomic E-state index is 0.593. The Hall–Kier alpha value is 0.295. The maximum atomic E-state index is 4.02. The van der Waals surface area contributed by atoms with E-state index in [2.05, 4.69) is 27.7 Å². The van der Waals surface area contributed by atoms with E-state index in [1.54, 1.807) is 19.3 Å². The normalized spacial score (nSPS) is 50.7. The lowest BCUT2D eigenvalue weighted by Crippen LogP contribution is -2.72. The number of piperidine rings is 3. The second-order valence-corrected chi connectivity index (χ2v) is 14.7. The first-order valence-corrected chi connectivity index (χ1v) is 16.1. The number of hydrogen-bond donors (Lipinski definition) is 3. The van der Waals surface area contributed by atoms with Crippen molar-refractivity contribution >= 4 is 18.5 Å². The Morgan fingerprint density at radius 3 is 1.85 bits per heavy atom. The summed E-state index contributed by atoms with van der Waals surface area (Å²) in [7, 11) is 0. The molecule has 33 heavy (non-hydrogen) atoms. The van der Waals surface area contributed by atoms with Crippen LogP contribution in [0.15, 0.2) is 0 Å². The van der Waals surface area contributed by atoms with Gasteiger partial charge in [0.2, 0.25) is 0 Å². The van der Waals surface area contributed by atoms with Crippen molar-refractivity contribution in [2.75, 3.05) is 39.3 Å². The van der Waals surface area contributed by atoms with E-state index in [9.17, 15) is 0 Å². The summed E-state index contributed by atoms with van der Waals surface area (Å²) in [5.74, 6) is 6.88. The topological polar surface area (TPSA) is 36.1 Å². The molecule has 5 saturated heterocycles. The highest BCUT2D eigenvalue weighted by Gasteiger charge is 2.69. The predicted molar refractivity (Wildman–Crippen MR) is 143 cm³/mol. The third kappa shape index (κ3) is 3.48. The average molecular weight is 470 g/mol. The van der Waals surface area contributed by atoms with Crippen molar-refractivity contribution in [2.45, 2.75) is 105 Å². The molecule has 8 unspecified atom stereocenters. The molecule has 3 nitrogen and oxygen atoms in total. The molecular weight excluding hydrogens is 421 g/mol. The van der Waals surface area contributed by atoms with Crippen LogP contribution in [0.25, 0.3) is 0 Å². The molecule has 0 bridgehead atoms. The molecule has 7 fully saturated rings. The van der Waals surface area contributed by atoms with Crippen LogP contribution in [0.1, 0.15) is 77.0 Å². The van der Waals surface area contributed by atoms with Gasteiger partial charge in [-0.2, -0.15) is 11.8 Å². The standard InChI is InChI=1S/C28H48BN3S/c1-2-6-19(7-3-1)29-24-10-13-30-16-21(24)28(22-17-31-14-11-25(22)29)20-8-4-5-9-26(20)33-27-12-15-32-18-23(27)28/h19-27,30-32H,1-18H2. The zero-order valence-corrected chi connectivity index (χ0v) is 21.7. The number of thioether (sulfide) groups is 1. The molecule has 5 aliphatic heterocycles. The smallest absolute Gasteiger partial charge is 0.150 e. The van der Waals surface area contributed by atoms with Gasteiger partial charge in [-0.1, -0.05) is 62.4 Å². The minimum Gasteiger partial charge on any atom is -0.316 e. The van der Waals surface area contributed by atoms with Gasteiger partial charge >= 0.3 is 0 Å². The fraction of sp³-hybridized carbons (Fsp3) is 1.00. The van der Waals surface area contributed by atoms with Crippen molar-refractivity contribution in [1.82, 2.24) is 16.0 Å². The van der Waals surface area contributed by atoms with Gasteiger partial charge in [0.15, 0.2) is 0 Å². The molecule has 7 rings (SSSR count). The van der Waals surface area contributed by atoms with E-state index in [0.717, 1.165) is 58.3 Å². The van der Waals surface area contributed by atoms with Gasteiger partial charge in [-0.25, -0.2) is 0 Å². The maximum absolute atomic E-state index is 4.02. The highest BCUT2D eigenvalue weighted by atomic mass is 32.2. The van der Waals surface area contributed by atoms with Crippen LogP contribution in [-0.4, -0.2) is 56.5 Å². The Labute approximate surface area is 207 Å². The van der Waals surface area contributed by atoms with Crippen LogP contribution in [0.5, 0.6) is 0 Å². The van der Waals surface area contributed by atoms with Crippen LogP contribution in [0.4, 0.5) is 0 Å². The number of fused-ring (bicyclic) bond motifs is 8. The molecule has 7 aliphatic rings. The quantitative estimate of drug-likeness (QED) is 0.470. The average Bonchev–Trinajstić information content (AvgIpc) is 2.89. The maximum Gasteiger partial charge on any atom is 0.150 e. The molecule has 184 valence electrons.